The molecule has 0 fully saturated rings. The van der Waals surface area contributed by atoms with Gasteiger partial charge in [-0.2, -0.15) is 0 Å². The third-order valence-corrected chi connectivity index (χ3v) is 12.0. The smallest absolute Gasteiger partial charge is 0.143 e. The molecule has 0 atom stereocenters. The molecule has 0 aliphatic rings. The quantitative estimate of drug-likeness (QED) is 0.169. The zero-order valence-corrected chi connectivity index (χ0v) is 32.1. The lowest BCUT2D eigenvalue weighted by Gasteiger charge is -2.27. The number of benzene rings is 10. The van der Waals surface area contributed by atoms with Gasteiger partial charge in [0.2, 0.25) is 0 Å². The van der Waals surface area contributed by atoms with Gasteiger partial charge in [0.05, 0.1) is 16.7 Å². The summed E-state index contributed by atoms with van der Waals surface area (Å²) in [6.07, 6.45) is 0. The van der Waals surface area contributed by atoms with E-state index < -0.39 is 0 Å². The molecule has 0 amide bonds. The molecule has 0 saturated carbocycles. The van der Waals surface area contributed by atoms with E-state index in [9.17, 15) is 0 Å². The zero-order valence-electron chi connectivity index (χ0n) is 32.1. The minimum Gasteiger partial charge on any atom is -0.455 e. The highest BCUT2D eigenvalue weighted by Gasteiger charge is 2.19. The van der Waals surface area contributed by atoms with Crippen LogP contribution in [0.2, 0.25) is 0 Å². The molecule has 0 saturated heterocycles. The molecule has 0 bridgehead atoms. The number of aromatic nitrogens is 1. The molecule has 0 spiro atoms. The highest BCUT2D eigenvalue weighted by molar-refractivity contribution is 6.17. The Labute approximate surface area is 341 Å². The van der Waals surface area contributed by atoms with Crippen LogP contribution < -0.4 is 4.90 Å². The molecule has 12 rings (SSSR count). The minimum absolute atomic E-state index is 0.912. The van der Waals surface area contributed by atoms with Crippen LogP contribution >= 0.6 is 0 Å². The molecular formula is C56H36N2O. The van der Waals surface area contributed by atoms with E-state index in [4.69, 9.17) is 4.42 Å². The van der Waals surface area contributed by atoms with Gasteiger partial charge in [-0.15, -0.1) is 0 Å². The van der Waals surface area contributed by atoms with E-state index in [0.717, 1.165) is 66.8 Å². The Balaban J connectivity index is 0.947. The number of fused-ring (bicyclic) bond motifs is 9. The van der Waals surface area contributed by atoms with Crippen LogP contribution in [0.3, 0.4) is 0 Å². The largest absolute Gasteiger partial charge is 0.455 e. The summed E-state index contributed by atoms with van der Waals surface area (Å²) in [5.41, 5.74) is 13.2. The molecule has 3 heteroatoms. The summed E-state index contributed by atoms with van der Waals surface area (Å²) in [4.78, 5) is 2.37. The van der Waals surface area contributed by atoms with Crippen molar-refractivity contribution in [3.8, 4) is 27.9 Å². The summed E-state index contributed by atoms with van der Waals surface area (Å²) < 4.78 is 9.10. The lowest BCUT2D eigenvalue weighted by Crippen LogP contribution is -2.10. The summed E-state index contributed by atoms with van der Waals surface area (Å²) in [5.74, 6) is 0. The fourth-order valence-corrected chi connectivity index (χ4v) is 9.20. The van der Waals surface area contributed by atoms with E-state index >= 15 is 0 Å². The number of para-hydroxylation sites is 3. The van der Waals surface area contributed by atoms with Crippen LogP contribution in [0.4, 0.5) is 17.1 Å². The number of rotatable bonds is 6. The van der Waals surface area contributed by atoms with Gasteiger partial charge in [-0.25, -0.2) is 0 Å². The van der Waals surface area contributed by atoms with Gasteiger partial charge in [0, 0.05) is 54.9 Å². The number of hydrogen-bond acceptors (Lipinski definition) is 2. The van der Waals surface area contributed by atoms with Gasteiger partial charge in [-0.05, 0) is 88.1 Å². The van der Waals surface area contributed by atoms with Crippen molar-refractivity contribution in [3.63, 3.8) is 0 Å². The normalized spacial score (nSPS) is 11.7. The number of hydrogen-bond donors (Lipinski definition) is 0. The predicted octanol–water partition coefficient (Wildman–Crippen LogP) is 15.8. The van der Waals surface area contributed by atoms with Crippen molar-refractivity contribution in [1.82, 2.24) is 4.57 Å². The predicted molar refractivity (Wildman–Crippen MR) is 249 cm³/mol. The van der Waals surface area contributed by atoms with E-state index in [2.05, 4.69) is 228 Å². The molecule has 0 unspecified atom stereocenters. The summed E-state index contributed by atoms with van der Waals surface area (Å²) in [7, 11) is 0. The topological polar surface area (TPSA) is 21.3 Å². The molecule has 2 aromatic heterocycles. The average molecular weight is 753 g/mol. The maximum absolute atomic E-state index is 6.72. The van der Waals surface area contributed by atoms with E-state index in [-0.39, 0.29) is 0 Å². The third kappa shape index (κ3) is 5.36. The molecule has 0 N–H and O–H groups in total. The van der Waals surface area contributed by atoms with Gasteiger partial charge in [-0.1, -0.05) is 158 Å². The molecule has 0 aliphatic carbocycles. The number of furan rings is 1. The minimum atomic E-state index is 0.912. The average Bonchev–Trinajstić information content (AvgIpc) is 3.86. The van der Waals surface area contributed by atoms with E-state index in [0.29, 0.717) is 0 Å². The van der Waals surface area contributed by atoms with E-state index in [1.165, 1.54) is 43.5 Å². The molecule has 276 valence electrons. The monoisotopic (exact) mass is 752 g/mol. The molecule has 0 aliphatic heterocycles. The van der Waals surface area contributed by atoms with E-state index in [1.54, 1.807) is 0 Å². The Hall–Kier alpha value is -7.88. The van der Waals surface area contributed by atoms with Crippen LogP contribution in [0.15, 0.2) is 223 Å². The Morgan fingerprint density at radius 3 is 1.61 bits per heavy atom. The first kappa shape index (κ1) is 33.3. The SMILES string of the molecule is c1cc(-c2ccc(N(c3ccc(-c4cccc5c4oc4c6ccccc6ccc54)cc3)c3cccc4ccccc34)cc2)cc(-n2c3ccccc3c3ccccc32)c1. The first-order chi connectivity index (χ1) is 29.3. The van der Waals surface area contributed by atoms with Crippen molar-refractivity contribution in [1.29, 1.82) is 0 Å². The maximum atomic E-state index is 6.72. The second kappa shape index (κ2) is 13.4. The first-order valence-corrected chi connectivity index (χ1v) is 20.2. The third-order valence-electron chi connectivity index (χ3n) is 12.0. The Morgan fingerprint density at radius 1 is 0.339 bits per heavy atom. The van der Waals surface area contributed by atoms with Gasteiger partial charge in [0.1, 0.15) is 11.2 Å². The Morgan fingerprint density at radius 2 is 0.881 bits per heavy atom. The van der Waals surface area contributed by atoms with Crippen molar-refractivity contribution >= 4 is 82.4 Å². The zero-order chi connectivity index (χ0) is 38.9. The van der Waals surface area contributed by atoms with Crippen LogP contribution in [-0.4, -0.2) is 4.57 Å². The molecule has 12 aromatic rings. The van der Waals surface area contributed by atoms with Crippen molar-refractivity contribution in [2.24, 2.45) is 0 Å². The van der Waals surface area contributed by atoms with Gasteiger partial charge >= 0.3 is 0 Å². The highest BCUT2D eigenvalue weighted by atomic mass is 16.3. The van der Waals surface area contributed by atoms with Gasteiger partial charge in [-0.3, -0.25) is 0 Å². The Bertz CT molecular complexity index is 3500. The van der Waals surface area contributed by atoms with Crippen molar-refractivity contribution in [2.45, 2.75) is 0 Å². The van der Waals surface area contributed by atoms with Crippen LogP contribution in [-0.2, 0) is 0 Å². The van der Waals surface area contributed by atoms with Gasteiger partial charge in [0.15, 0.2) is 0 Å². The molecule has 2 heterocycles. The first-order valence-electron chi connectivity index (χ1n) is 20.2. The van der Waals surface area contributed by atoms with E-state index in [1.807, 2.05) is 0 Å². The second-order valence-electron chi connectivity index (χ2n) is 15.3. The molecule has 10 aromatic carbocycles. The summed E-state index contributed by atoms with van der Waals surface area (Å²) in [6, 6.07) is 78.6. The van der Waals surface area contributed by atoms with Crippen molar-refractivity contribution in [3.05, 3.63) is 218 Å². The van der Waals surface area contributed by atoms with Crippen LogP contribution in [0, 0.1) is 0 Å². The highest BCUT2D eigenvalue weighted by Crippen LogP contribution is 2.43. The van der Waals surface area contributed by atoms with Crippen LogP contribution in [0.25, 0.3) is 93.2 Å². The van der Waals surface area contributed by atoms with Crippen LogP contribution in [0.1, 0.15) is 0 Å². The fraction of sp³-hybridized carbons (Fsp3) is 0. The number of anilines is 3. The molecular weight excluding hydrogens is 717 g/mol. The summed E-state index contributed by atoms with van der Waals surface area (Å²) >= 11 is 0. The lowest BCUT2D eigenvalue weighted by atomic mass is 10.0. The standard InChI is InChI=1S/C56H36N2O/c1-3-17-45-38(12-1)14-10-25-52(45)57(43-33-28-40(29-34-43)47-21-11-22-50-51-35-30-39-13-2-4-18-46(39)56(51)59-55(47)50)42-31-26-37(27-32-42)41-15-9-16-44(36-41)58-53-23-7-5-19-48(53)49-20-6-8-24-54(49)58/h1-36H. The molecule has 59 heavy (non-hydrogen) atoms. The lowest BCUT2D eigenvalue weighted by molar-refractivity contribution is 0.674. The van der Waals surface area contributed by atoms with Crippen LogP contribution in [0.5, 0.6) is 0 Å². The molecule has 0 radical (unpaired) electrons. The van der Waals surface area contributed by atoms with Gasteiger partial charge in [0.25, 0.3) is 0 Å². The number of nitrogens with zero attached hydrogens (tertiary/aromatic N) is 2. The second-order valence-corrected chi connectivity index (χ2v) is 15.3. The maximum Gasteiger partial charge on any atom is 0.143 e. The molecule has 3 nitrogen and oxygen atoms in total. The van der Waals surface area contributed by atoms with Gasteiger partial charge < -0.3 is 13.9 Å². The fourth-order valence-electron chi connectivity index (χ4n) is 9.20. The Kier molecular flexibility index (Phi) is 7.54. The van der Waals surface area contributed by atoms with Crippen molar-refractivity contribution < 1.29 is 4.42 Å². The summed E-state index contributed by atoms with van der Waals surface area (Å²) in [5, 5.41) is 9.51. The summed E-state index contributed by atoms with van der Waals surface area (Å²) in [6.45, 7) is 0. The van der Waals surface area contributed by atoms with Crippen molar-refractivity contribution in [2.75, 3.05) is 4.90 Å².